The lowest BCUT2D eigenvalue weighted by atomic mass is 10.6. The molecule has 0 aliphatic carbocycles. The van der Waals surface area contributed by atoms with E-state index in [9.17, 15) is 9.59 Å². The molecule has 0 radical (unpaired) electrons. The normalized spacial score (nSPS) is 7.54. The fraction of sp³-hybridized carbons (Fsp3) is 0.500. The molecule has 0 aliphatic heterocycles. The molecule has 2 N–H and O–H groups in total. The van der Waals surface area contributed by atoms with E-state index < -0.39 is 6.09 Å². The molecule has 76 valence electrons. The lowest BCUT2D eigenvalue weighted by Gasteiger charge is -1.90. The average molecular weight is 189 g/mol. The molecule has 0 aromatic carbocycles. The van der Waals surface area contributed by atoms with Gasteiger partial charge in [-0.25, -0.2) is 9.59 Å². The summed E-state index contributed by atoms with van der Waals surface area (Å²) in [4.78, 5) is 19.7. The topological polar surface area (TPSA) is 78.6 Å². The maximum absolute atomic E-state index is 10.1. The first-order valence-corrected chi connectivity index (χ1v) is 3.79. The number of primary amides is 1. The van der Waals surface area contributed by atoms with Crippen molar-refractivity contribution in [2.24, 2.45) is 5.73 Å². The second-order valence-corrected chi connectivity index (χ2v) is 1.71. The van der Waals surface area contributed by atoms with Crippen LogP contribution in [0.25, 0.3) is 0 Å². The molecule has 0 spiro atoms. The molecule has 0 heterocycles. The van der Waals surface area contributed by atoms with E-state index in [1.54, 1.807) is 13.8 Å². The summed E-state index contributed by atoms with van der Waals surface area (Å²) in [5.41, 5.74) is 4.54. The van der Waals surface area contributed by atoms with E-state index >= 15 is 0 Å². The van der Waals surface area contributed by atoms with E-state index in [1.165, 1.54) is 0 Å². The first-order valence-electron chi connectivity index (χ1n) is 3.79. The average Bonchev–Trinajstić information content (AvgIpc) is 2.05. The van der Waals surface area contributed by atoms with Crippen LogP contribution >= 0.6 is 0 Å². The van der Waals surface area contributed by atoms with Crippen molar-refractivity contribution in [3.63, 3.8) is 0 Å². The zero-order valence-electron chi connectivity index (χ0n) is 7.91. The number of esters is 1. The predicted molar refractivity (Wildman–Crippen MR) is 48.0 cm³/mol. The van der Waals surface area contributed by atoms with Gasteiger partial charge in [0.25, 0.3) is 0 Å². The summed E-state index contributed by atoms with van der Waals surface area (Å²) in [6.07, 6.45) is 0.432. The van der Waals surface area contributed by atoms with Gasteiger partial charge in [-0.2, -0.15) is 0 Å². The van der Waals surface area contributed by atoms with E-state index in [4.69, 9.17) is 0 Å². The Labute approximate surface area is 77.5 Å². The fourth-order valence-corrected chi connectivity index (χ4v) is 0.343. The number of hydrogen-bond donors (Lipinski definition) is 1. The van der Waals surface area contributed by atoms with Crippen LogP contribution in [0.4, 0.5) is 4.79 Å². The van der Waals surface area contributed by atoms with Gasteiger partial charge >= 0.3 is 12.1 Å². The lowest BCUT2D eigenvalue weighted by Crippen LogP contribution is -2.11. The van der Waals surface area contributed by atoms with E-state index in [-0.39, 0.29) is 5.97 Å². The molecule has 0 aromatic heterocycles. The van der Waals surface area contributed by atoms with Gasteiger partial charge < -0.3 is 15.2 Å². The van der Waals surface area contributed by atoms with Crippen molar-refractivity contribution in [2.45, 2.75) is 13.8 Å². The zero-order chi connectivity index (χ0) is 10.7. The Balaban J connectivity index is 0. The van der Waals surface area contributed by atoms with Gasteiger partial charge in [-0.1, -0.05) is 6.58 Å². The summed E-state index contributed by atoms with van der Waals surface area (Å²) in [5.74, 6) is -0.359. The van der Waals surface area contributed by atoms with Crippen LogP contribution in [0.2, 0.25) is 0 Å². The molecule has 0 unspecified atom stereocenters. The number of carbonyl (C=O) groups is 2. The van der Waals surface area contributed by atoms with Crippen molar-refractivity contribution in [3.8, 4) is 0 Å². The van der Waals surface area contributed by atoms with E-state index in [0.29, 0.717) is 13.2 Å². The summed E-state index contributed by atoms with van der Waals surface area (Å²) >= 11 is 0. The summed E-state index contributed by atoms with van der Waals surface area (Å²) < 4.78 is 8.61. The van der Waals surface area contributed by atoms with Crippen LogP contribution in [-0.4, -0.2) is 25.3 Å². The SMILES string of the molecule is C=CC(=O)OCC.CCOC(N)=O. The number of ether oxygens (including phenoxy) is 2. The Morgan fingerprint density at radius 2 is 1.77 bits per heavy atom. The van der Waals surface area contributed by atoms with Gasteiger partial charge in [0, 0.05) is 6.08 Å². The van der Waals surface area contributed by atoms with Crippen molar-refractivity contribution in [3.05, 3.63) is 12.7 Å². The third-order valence-electron chi connectivity index (χ3n) is 0.740. The largest absolute Gasteiger partial charge is 0.463 e. The van der Waals surface area contributed by atoms with E-state index in [1.807, 2.05) is 0 Å². The summed E-state index contributed by atoms with van der Waals surface area (Å²) in [6.45, 7) is 7.43. The second-order valence-electron chi connectivity index (χ2n) is 1.71. The Kier molecular flexibility index (Phi) is 11.3. The molecule has 0 bridgehead atoms. The van der Waals surface area contributed by atoms with Crippen molar-refractivity contribution in [1.82, 2.24) is 0 Å². The third-order valence-corrected chi connectivity index (χ3v) is 0.740. The highest BCUT2D eigenvalue weighted by molar-refractivity contribution is 5.81. The highest BCUT2D eigenvalue weighted by Crippen LogP contribution is 1.74. The number of hydrogen-bond acceptors (Lipinski definition) is 4. The van der Waals surface area contributed by atoms with Crippen LogP contribution < -0.4 is 5.73 Å². The van der Waals surface area contributed by atoms with Crippen molar-refractivity contribution >= 4 is 12.1 Å². The Hall–Kier alpha value is -1.52. The minimum Gasteiger partial charge on any atom is -0.463 e. The minimum atomic E-state index is -0.711. The Bertz CT molecular complexity index is 168. The molecule has 0 rings (SSSR count). The van der Waals surface area contributed by atoms with Crippen LogP contribution in [0, 0.1) is 0 Å². The lowest BCUT2D eigenvalue weighted by molar-refractivity contribution is -0.137. The maximum Gasteiger partial charge on any atom is 0.404 e. The van der Waals surface area contributed by atoms with Gasteiger partial charge in [-0.3, -0.25) is 0 Å². The van der Waals surface area contributed by atoms with Crippen LogP contribution in [0.5, 0.6) is 0 Å². The Morgan fingerprint density at radius 3 is 1.85 bits per heavy atom. The van der Waals surface area contributed by atoms with Crippen molar-refractivity contribution in [1.29, 1.82) is 0 Å². The molecule has 0 saturated heterocycles. The summed E-state index contributed by atoms with van der Waals surface area (Å²) in [6, 6.07) is 0. The molecule has 13 heavy (non-hydrogen) atoms. The second kappa shape index (κ2) is 10.5. The Morgan fingerprint density at radius 1 is 1.31 bits per heavy atom. The summed E-state index contributed by atoms with van der Waals surface area (Å²) in [7, 11) is 0. The first-order chi connectivity index (χ1) is 6.08. The number of carbonyl (C=O) groups excluding carboxylic acids is 2. The molecule has 0 atom stereocenters. The first kappa shape index (κ1) is 14.0. The molecule has 0 aromatic rings. The number of nitrogens with two attached hydrogens (primary N) is 1. The minimum absolute atomic E-state index is 0.356. The molecule has 0 saturated carbocycles. The fourth-order valence-electron chi connectivity index (χ4n) is 0.343. The molecule has 0 fully saturated rings. The van der Waals surface area contributed by atoms with Gasteiger partial charge in [-0.15, -0.1) is 0 Å². The van der Waals surface area contributed by atoms with Crippen LogP contribution in [0.15, 0.2) is 12.7 Å². The monoisotopic (exact) mass is 189 g/mol. The van der Waals surface area contributed by atoms with Crippen molar-refractivity contribution in [2.75, 3.05) is 13.2 Å². The standard InChI is InChI=1S/C5H8O2.C3H7NO2/c1-3-5(6)7-4-2;1-2-6-3(4)5/h3H,1,4H2,2H3;2H2,1H3,(H2,4,5). The zero-order valence-corrected chi connectivity index (χ0v) is 7.91. The van der Waals surface area contributed by atoms with E-state index in [2.05, 4.69) is 21.8 Å². The van der Waals surface area contributed by atoms with Gasteiger partial charge in [0.2, 0.25) is 0 Å². The maximum atomic E-state index is 10.1. The smallest absolute Gasteiger partial charge is 0.404 e. The third kappa shape index (κ3) is 17.9. The van der Waals surface area contributed by atoms with Gasteiger partial charge in [0.05, 0.1) is 13.2 Å². The van der Waals surface area contributed by atoms with Crippen LogP contribution in [0.3, 0.4) is 0 Å². The quantitative estimate of drug-likeness (QED) is 0.527. The number of rotatable bonds is 3. The number of amides is 1. The van der Waals surface area contributed by atoms with E-state index in [0.717, 1.165) is 6.08 Å². The van der Waals surface area contributed by atoms with Crippen LogP contribution in [0.1, 0.15) is 13.8 Å². The molecular weight excluding hydrogens is 174 g/mol. The molecule has 5 nitrogen and oxygen atoms in total. The molecule has 5 heteroatoms. The van der Waals surface area contributed by atoms with Gasteiger partial charge in [0.1, 0.15) is 0 Å². The van der Waals surface area contributed by atoms with Gasteiger partial charge in [-0.05, 0) is 13.8 Å². The molecule has 1 amide bonds. The highest BCUT2D eigenvalue weighted by Gasteiger charge is 1.86. The molecule has 0 aliphatic rings. The summed E-state index contributed by atoms with van der Waals surface area (Å²) in [5, 5.41) is 0. The predicted octanol–water partition coefficient (Wildman–Crippen LogP) is 0.837. The van der Waals surface area contributed by atoms with Crippen molar-refractivity contribution < 1.29 is 19.1 Å². The van der Waals surface area contributed by atoms with Crippen LogP contribution in [-0.2, 0) is 14.3 Å². The molecular formula is C8H15NO4. The highest BCUT2D eigenvalue weighted by atomic mass is 16.5. The van der Waals surface area contributed by atoms with Gasteiger partial charge in [0.15, 0.2) is 0 Å².